The zero-order valence-corrected chi connectivity index (χ0v) is 21.9. The molecule has 2 aliphatic rings. The van der Waals surface area contributed by atoms with E-state index in [1.165, 1.54) is 32.4 Å². The summed E-state index contributed by atoms with van der Waals surface area (Å²) in [4.78, 5) is 9.29. The summed E-state index contributed by atoms with van der Waals surface area (Å²) in [6.07, 6.45) is 3.90. The number of sulfonamides is 1. The van der Waals surface area contributed by atoms with Crippen LogP contribution >= 0.6 is 24.0 Å². The maximum Gasteiger partial charge on any atom is 0.243 e. The van der Waals surface area contributed by atoms with E-state index in [-0.39, 0.29) is 24.0 Å². The Bertz CT molecular complexity index is 806. The maximum absolute atomic E-state index is 13.2. The first kappa shape index (κ1) is 26.3. The lowest BCUT2D eigenvalue weighted by Gasteiger charge is -2.32. The smallest absolute Gasteiger partial charge is 0.243 e. The normalized spacial score (nSPS) is 19.6. The van der Waals surface area contributed by atoms with E-state index in [1.807, 2.05) is 19.2 Å². The highest BCUT2D eigenvalue weighted by Crippen LogP contribution is 2.21. The molecular formula is C21H37IN6O2S. The van der Waals surface area contributed by atoms with Crippen molar-refractivity contribution in [2.75, 3.05) is 66.5 Å². The van der Waals surface area contributed by atoms with Gasteiger partial charge in [0, 0.05) is 52.9 Å². The molecule has 2 saturated heterocycles. The number of piperazine rings is 1. The molecule has 0 spiro atoms. The average molecular weight is 565 g/mol. The molecule has 1 aromatic carbocycles. The van der Waals surface area contributed by atoms with Gasteiger partial charge in [0.2, 0.25) is 10.0 Å². The van der Waals surface area contributed by atoms with Crippen LogP contribution in [-0.4, -0.2) is 94.9 Å². The van der Waals surface area contributed by atoms with Gasteiger partial charge in [-0.25, -0.2) is 8.42 Å². The predicted molar refractivity (Wildman–Crippen MR) is 137 cm³/mol. The standard InChI is InChI=1S/C21H36N6O2S.HI/c1-22-21(23-10-13-26-11-6-3-7-12-26)24-18-19-8-4-5-9-20(19)30(28,29)27-16-14-25(2)15-17-27;/h4-5,8-9H,3,6-7,10-18H2,1-2H3,(H2,22,23,24);1H. The van der Waals surface area contributed by atoms with Crippen molar-refractivity contribution in [1.82, 2.24) is 24.7 Å². The lowest BCUT2D eigenvalue weighted by Crippen LogP contribution is -2.47. The van der Waals surface area contributed by atoms with Crippen molar-refractivity contribution < 1.29 is 8.42 Å². The van der Waals surface area contributed by atoms with E-state index in [9.17, 15) is 8.42 Å². The maximum atomic E-state index is 13.2. The van der Waals surface area contributed by atoms with Gasteiger partial charge in [-0.2, -0.15) is 4.31 Å². The highest BCUT2D eigenvalue weighted by atomic mass is 127. The van der Waals surface area contributed by atoms with Gasteiger partial charge >= 0.3 is 0 Å². The van der Waals surface area contributed by atoms with Gasteiger partial charge in [0.15, 0.2) is 5.96 Å². The number of hydrogen-bond acceptors (Lipinski definition) is 5. The Morgan fingerprint density at radius 2 is 1.68 bits per heavy atom. The van der Waals surface area contributed by atoms with Crippen LogP contribution in [-0.2, 0) is 16.6 Å². The quantitative estimate of drug-likeness (QED) is 0.296. The summed E-state index contributed by atoms with van der Waals surface area (Å²) in [6.45, 7) is 7.14. The van der Waals surface area contributed by atoms with Crippen LogP contribution in [0.1, 0.15) is 24.8 Å². The topological polar surface area (TPSA) is 80.3 Å². The Morgan fingerprint density at radius 3 is 2.35 bits per heavy atom. The number of rotatable bonds is 7. The van der Waals surface area contributed by atoms with Crippen LogP contribution in [0.2, 0.25) is 0 Å². The minimum atomic E-state index is -3.50. The fourth-order valence-electron chi connectivity index (χ4n) is 3.98. The predicted octanol–water partition coefficient (Wildman–Crippen LogP) is 1.39. The van der Waals surface area contributed by atoms with Crippen molar-refractivity contribution in [1.29, 1.82) is 0 Å². The zero-order chi connectivity index (χ0) is 21.4. The molecule has 176 valence electrons. The molecule has 0 amide bonds. The Labute approximate surface area is 204 Å². The summed E-state index contributed by atoms with van der Waals surface area (Å²) >= 11 is 0. The number of nitrogens with one attached hydrogen (secondary N) is 2. The first-order valence-electron chi connectivity index (χ1n) is 10.9. The van der Waals surface area contributed by atoms with E-state index in [0.29, 0.717) is 30.5 Å². The Kier molecular flexibility index (Phi) is 11.0. The van der Waals surface area contributed by atoms with E-state index in [4.69, 9.17) is 0 Å². The van der Waals surface area contributed by atoms with Crippen molar-refractivity contribution >= 4 is 40.0 Å². The fourth-order valence-corrected chi connectivity index (χ4v) is 5.63. The van der Waals surface area contributed by atoms with E-state index in [1.54, 1.807) is 23.5 Å². The van der Waals surface area contributed by atoms with Crippen LogP contribution in [0, 0.1) is 0 Å². The van der Waals surface area contributed by atoms with Crippen LogP contribution in [0.4, 0.5) is 0 Å². The highest BCUT2D eigenvalue weighted by molar-refractivity contribution is 14.0. The number of likely N-dealkylation sites (N-methyl/N-ethyl adjacent to an activating group) is 1. The summed E-state index contributed by atoms with van der Waals surface area (Å²) in [7, 11) is 0.256. The second-order valence-electron chi connectivity index (χ2n) is 8.07. The molecule has 0 bridgehead atoms. The second kappa shape index (κ2) is 12.9. The molecule has 3 rings (SSSR count). The third-order valence-electron chi connectivity index (χ3n) is 5.89. The molecule has 8 nitrogen and oxygen atoms in total. The Balaban J connectivity index is 0.00000341. The minimum absolute atomic E-state index is 0. The van der Waals surface area contributed by atoms with Gasteiger partial charge in [-0.3, -0.25) is 4.99 Å². The average Bonchev–Trinajstić information content (AvgIpc) is 2.77. The number of benzene rings is 1. The van der Waals surface area contributed by atoms with Crippen LogP contribution in [0.5, 0.6) is 0 Å². The van der Waals surface area contributed by atoms with Crippen molar-refractivity contribution in [3.63, 3.8) is 0 Å². The van der Waals surface area contributed by atoms with Gasteiger partial charge in [-0.15, -0.1) is 24.0 Å². The van der Waals surface area contributed by atoms with Crippen molar-refractivity contribution in [2.45, 2.75) is 30.7 Å². The van der Waals surface area contributed by atoms with Crippen LogP contribution in [0.3, 0.4) is 0 Å². The largest absolute Gasteiger partial charge is 0.355 e. The van der Waals surface area contributed by atoms with Crippen molar-refractivity contribution in [2.24, 2.45) is 4.99 Å². The SMILES string of the molecule is CN=C(NCCN1CCCCC1)NCc1ccccc1S(=O)(=O)N1CCN(C)CC1.I. The first-order chi connectivity index (χ1) is 14.5. The number of piperidine rings is 1. The molecule has 0 aromatic heterocycles. The monoisotopic (exact) mass is 564 g/mol. The van der Waals surface area contributed by atoms with E-state index >= 15 is 0 Å². The van der Waals surface area contributed by atoms with Crippen LogP contribution in [0.15, 0.2) is 34.2 Å². The van der Waals surface area contributed by atoms with Crippen molar-refractivity contribution in [3.05, 3.63) is 29.8 Å². The van der Waals surface area contributed by atoms with Crippen LogP contribution < -0.4 is 10.6 Å². The number of hydrogen-bond donors (Lipinski definition) is 2. The third kappa shape index (κ3) is 7.55. The van der Waals surface area contributed by atoms with Gasteiger partial charge in [0.25, 0.3) is 0 Å². The summed E-state index contributed by atoms with van der Waals surface area (Å²) in [6, 6.07) is 7.25. The zero-order valence-electron chi connectivity index (χ0n) is 18.7. The summed E-state index contributed by atoms with van der Waals surface area (Å²) in [5.74, 6) is 0.693. The number of likely N-dealkylation sites (tertiary alicyclic amines) is 1. The Morgan fingerprint density at radius 1 is 1.00 bits per heavy atom. The van der Waals surface area contributed by atoms with Gasteiger partial charge in [0.1, 0.15) is 0 Å². The molecule has 0 aliphatic carbocycles. The summed E-state index contributed by atoms with van der Waals surface area (Å²) in [5.41, 5.74) is 0.760. The molecule has 2 fully saturated rings. The Hall–Kier alpha value is -0.950. The number of guanidine groups is 1. The van der Waals surface area contributed by atoms with E-state index < -0.39 is 10.0 Å². The fraction of sp³-hybridized carbons (Fsp3) is 0.667. The molecule has 0 saturated carbocycles. The lowest BCUT2D eigenvalue weighted by molar-refractivity contribution is 0.222. The molecule has 0 unspecified atom stereocenters. The number of halogens is 1. The van der Waals surface area contributed by atoms with Gasteiger partial charge in [-0.1, -0.05) is 24.6 Å². The van der Waals surface area contributed by atoms with Crippen molar-refractivity contribution in [3.8, 4) is 0 Å². The van der Waals surface area contributed by atoms with Gasteiger partial charge in [0.05, 0.1) is 4.90 Å². The molecule has 31 heavy (non-hydrogen) atoms. The van der Waals surface area contributed by atoms with Gasteiger partial charge < -0.3 is 20.4 Å². The first-order valence-corrected chi connectivity index (χ1v) is 12.4. The van der Waals surface area contributed by atoms with Crippen LogP contribution in [0.25, 0.3) is 0 Å². The van der Waals surface area contributed by atoms with E-state index in [2.05, 4.69) is 25.4 Å². The molecule has 0 radical (unpaired) electrons. The second-order valence-corrected chi connectivity index (χ2v) is 9.98. The number of nitrogens with zero attached hydrogens (tertiary/aromatic N) is 4. The number of aliphatic imine (C=N–C) groups is 1. The summed E-state index contributed by atoms with van der Waals surface area (Å²) in [5, 5.41) is 6.62. The molecule has 0 atom stereocenters. The lowest BCUT2D eigenvalue weighted by atomic mass is 10.1. The molecule has 2 N–H and O–H groups in total. The molecule has 2 aliphatic heterocycles. The molecule has 1 aromatic rings. The van der Waals surface area contributed by atoms with Gasteiger partial charge in [-0.05, 0) is 44.6 Å². The third-order valence-corrected chi connectivity index (χ3v) is 7.89. The molecule has 10 heteroatoms. The minimum Gasteiger partial charge on any atom is -0.355 e. The molecule has 2 heterocycles. The van der Waals surface area contributed by atoms with E-state index in [0.717, 1.165) is 31.7 Å². The summed E-state index contributed by atoms with van der Waals surface area (Å²) < 4.78 is 28.0. The molecular weight excluding hydrogens is 527 g/mol. The highest BCUT2D eigenvalue weighted by Gasteiger charge is 2.29.